The van der Waals surface area contributed by atoms with Crippen molar-refractivity contribution in [1.82, 2.24) is 10.2 Å². The minimum absolute atomic E-state index is 0.453. The smallest absolute Gasteiger partial charge is 0.212 e. The van der Waals surface area contributed by atoms with Crippen molar-refractivity contribution >= 4 is 34.7 Å². The lowest BCUT2D eigenvalue weighted by Gasteiger charge is -2.05. The van der Waals surface area contributed by atoms with Crippen molar-refractivity contribution in [3.05, 3.63) is 47.0 Å². The second kappa shape index (κ2) is 5.27. The number of hydrogen-bond donors (Lipinski definition) is 2. The zero-order valence-electron chi connectivity index (χ0n) is 10.7. The van der Waals surface area contributed by atoms with Gasteiger partial charge >= 0.3 is 0 Å². The fraction of sp³-hybridized carbons (Fsp3) is 0. The summed E-state index contributed by atoms with van der Waals surface area (Å²) in [6.07, 6.45) is 0.575. The van der Waals surface area contributed by atoms with Gasteiger partial charge in [-0.15, -0.1) is 0 Å². The van der Waals surface area contributed by atoms with E-state index in [1.165, 1.54) is 0 Å². The van der Waals surface area contributed by atoms with Crippen LogP contribution in [0.3, 0.4) is 0 Å². The molecule has 21 heavy (non-hydrogen) atoms. The fourth-order valence-electron chi connectivity index (χ4n) is 2.16. The Kier molecular flexibility index (Phi) is 3.30. The molecule has 0 saturated carbocycles. The van der Waals surface area contributed by atoms with Gasteiger partial charge in [-0.2, -0.15) is 10.4 Å². The summed E-state index contributed by atoms with van der Waals surface area (Å²) >= 11 is 6.21. The van der Waals surface area contributed by atoms with Crippen LogP contribution in [0.5, 0.6) is 0 Å². The summed E-state index contributed by atoms with van der Waals surface area (Å²) in [6.45, 7) is 0. The molecule has 102 valence electrons. The van der Waals surface area contributed by atoms with E-state index in [4.69, 9.17) is 16.9 Å². The summed E-state index contributed by atoms with van der Waals surface area (Å²) in [7, 11) is 0. The van der Waals surface area contributed by atoms with Crippen molar-refractivity contribution in [2.45, 2.75) is 0 Å². The molecule has 3 aromatic rings. The Morgan fingerprint density at radius 1 is 1.29 bits per heavy atom. The Balaban J connectivity index is 2.19. The zero-order chi connectivity index (χ0) is 14.8. The van der Waals surface area contributed by atoms with Crippen LogP contribution in [0, 0.1) is 11.3 Å². The molecule has 0 spiro atoms. The average molecular weight is 297 g/mol. The van der Waals surface area contributed by atoms with Gasteiger partial charge in [0.1, 0.15) is 0 Å². The Labute approximate surface area is 125 Å². The van der Waals surface area contributed by atoms with Crippen molar-refractivity contribution < 1.29 is 4.79 Å². The van der Waals surface area contributed by atoms with E-state index >= 15 is 0 Å². The van der Waals surface area contributed by atoms with Crippen LogP contribution in [-0.2, 0) is 4.79 Å². The number of carbonyl (C=O) groups is 1. The van der Waals surface area contributed by atoms with Gasteiger partial charge in [0.15, 0.2) is 5.82 Å². The van der Waals surface area contributed by atoms with Crippen LogP contribution >= 0.6 is 11.6 Å². The SMILES string of the molecule is N#Cc1ccc(Cl)c(-c2ccc3[nH]nc(NC=O)c3c2)c1. The summed E-state index contributed by atoms with van der Waals surface area (Å²) in [4.78, 5) is 10.6. The minimum atomic E-state index is 0.453. The number of amides is 1. The van der Waals surface area contributed by atoms with Crippen molar-refractivity contribution in [2.75, 3.05) is 5.32 Å². The van der Waals surface area contributed by atoms with E-state index in [0.29, 0.717) is 22.8 Å². The van der Waals surface area contributed by atoms with Crippen LogP contribution < -0.4 is 5.32 Å². The van der Waals surface area contributed by atoms with Gasteiger partial charge < -0.3 is 5.32 Å². The number of H-pyrrole nitrogens is 1. The number of hydrogen-bond acceptors (Lipinski definition) is 3. The van der Waals surface area contributed by atoms with E-state index in [1.807, 2.05) is 18.2 Å². The van der Waals surface area contributed by atoms with Gasteiger partial charge in [-0.25, -0.2) is 0 Å². The number of nitrogens with one attached hydrogen (secondary N) is 2. The Morgan fingerprint density at radius 2 is 2.14 bits per heavy atom. The molecule has 0 atom stereocenters. The number of fused-ring (bicyclic) bond motifs is 1. The third-order valence-electron chi connectivity index (χ3n) is 3.16. The number of nitrogens with zero attached hydrogens (tertiary/aromatic N) is 2. The largest absolute Gasteiger partial charge is 0.311 e. The fourth-order valence-corrected chi connectivity index (χ4v) is 2.39. The third kappa shape index (κ3) is 2.33. The molecule has 3 rings (SSSR count). The topological polar surface area (TPSA) is 81.6 Å². The molecule has 2 aromatic carbocycles. The molecule has 0 aliphatic rings. The summed E-state index contributed by atoms with van der Waals surface area (Å²) in [5.74, 6) is 0.453. The number of aromatic nitrogens is 2. The highest BCUT2D eigenvalue weighted by Crippen LogP contribution is 2.32. The normalized spacial score (nSPS) is 10.3. The van der Waals surface area contributed by atoms with Gasteiger partial charge in [-0.05, 0) is 35.9 Å². The summed E-state index contributed by atoms with van der Waals surface area (Å²) in [5.41, 5.74) is 2.94. The number of aromatic amines is 1. The lowest BCUT2D eigenvalue weighted by Crippen LogP contribution is -1.94. The van der Waals surface area contributed by atoms with Crippen molar-refractivity contribution in [3.63, 3.8) is 0 Å². The Morgan fingerprint density at radius 3 is 2.90 bits per heavy atom. The Hall–Kier alpha value is -2.84. The second-order valence-corrected chi connectivity index (χ2v) is 4.81. The van der Waals surface area contributed by atoms with Gasteiger partial charge in [-0.1, -0.05) is 17.7 Å². The number of carbonyl (C=O) groups excluding carboxylic acids is 1. The van der Waals surface area contributed by atoms with Gasteiger partial charge in [0, 0.05) is 16.0 Å². The number of nitriles is 1. The van der Waals surface area contributed by atoms with E-state index in [9.17, 15) is 4.79 Å². The van der Waals surface area contributed by atoms with E-state index in [0.717, 1.165) is 22.0 Å². The highest BCUT2D eigenvalue weighted by Gasteiger charge is 2.09. The summed E-state index contributed by atoms with van der Waals surface area (Å²) in [6, 6.07) is 12.8. The van der Waals surface area contributed by atoms with Crippen LogP contribution in [0.1, 0.15) is 5.56 Å². The highest BCUT2D eigenvalue weighted by atomic mass is 35.5. The van der Waals surface area contributed by atoms with Crippen LogP contribution in [0.15, 0.2) is 36.4 Å². The van der Waals surface area contributed by atoms with Crippen molar-refractivity contribution in [1.29, 1.82) is 5.26 Å². The highest BCUT2D eigenvalue weighted by molar-refractivity contribution is 6.33. The molecule has 0 unspecified atom stereocenters. The molecule has 0 saturated heterocycles. The van der Waals surface area contributed by atoms with Gasteiger partial charge in [0.2, 0.25) is 6.41 Å². The molecule has 1 amide bonds. The van der Waals surface area contributed by atoms with Gasteiger partial charge in [-0.3, -0.25) is 9.89 Å². The first kappa shape index (κ1) is 13.2. The van der Waals surface area contributed by atoms with Crippen molar-refractivity contribution in [2.24, 2.45) is 0 Å². The molecular weight excluding hydrogens is 288 g/mol. The second-order valence-electron chi connectivity index (χ2n) is 4.40. The molecule has 5 nitrogen and oxygen atoms in total. The maximum Gasteiger partial charge on any atom is 0.212 e. The molecule has 0 radical (unpaired) electrons. The standard InChI is InChI=1S/C15H9ClN4O/c16-13-3-1-9(7-17)5-11(13)10-2-4-14-12(6-10)15(18-8-21)20-19-14/h1-6,8H,(H2,18,19,20,21). The summed E-state index contributed by atoms with van der Waals surface area (Å²) < 4.78 is 0. The third-order valence-corrected chi connectivity index (χ3v) is 3.49. The molecule has 6 heteroatoms. The Bertz CT molecular complexity index is 879. The average Bonchev–Trinajstić information content (AvgIpc) is 2.91. The summed E-state index contributed by atoms with van der Waals surface area (Å²) in [5, 5.41) is 19.7. The first-order valence-corrected chi connectivity index (χ1v) is 6.49. The predicted molar refractivity (Wildman–Crippen MR) is 80.9 cm³/mol. The maximum atomic E-state index is 10.6. The maximum absolute atomic E-state index is 10.6. The first-order valence-electron chi connectivity index (χ1n) is 6.11. The molecule has 1 heterocycles. The molecule has 2 N–H and O–H groups in total. The number of benzene rings is 2. The molecular formula is C15H9ClN4O. The van der Waals surface area contributed by atoms with E-state index in [1.54, 1.807) is 18.2 Å². The molecule has 0 fully saturated rings. The van der Waals surface area contributed by atoms with Crippen LogP contribution in [0.2, 0.25) is 5.02 Å². The quantitative estimate of drug-likeness (QED) is 0.727. The lowest BCUT2D eigenvalue weighted by atomic mass is 10.0. The molecule has 0 bridgehead atoms. The van der Waals surface area contributed by atoms with Crippen molar-refractivity contribution in [3.8, 4) is 17.2 Å². The van der Waals surface area contributed by atoms with Gasteiger partial charge in [0.25, 0.3) is 0 Å². The number of anilines is 1. The van der Waals surface area contributed by atoms with E-state index in [2.05, 4.69) is 21.6 Å². The van der Waals surface area contributed by atoms with Crippen LogP contribution in [0.25, 0.3) is 22.0 Å². The van der Waals surface area contributed by atoms with E-state index in [-0.39, 0.29) is 0 Å². The number of rotatable bonds is 3. The number of halogens is 1. The van der Waals surface area contributed by atoms with E-state index < -0.39 is 0 Å². The molecule has 0 aliphatic heterocycles. The monoisotopic (exact) mass is 296 g/mol. The van der Waals surface area contributed by atoms with Crippen LogP contribution in [-0.4, -0.2) is 16.6 Å². The first-order chi connectivity index (χ1) is 10.2. The predicted octanol–water partition coefficient (Wildman–Crippen LogP) is 3.32. The lowest BCUT2D eigenvalue weighted by molar-refractivity contribution is -0.105. The van der Waals surface area contributed by atoms with Gasteiger partial charge in [0.05, 0.1) is 17.1 Å². The molecule has 1 aromatic heterocycles. The zero-order valence-corrected chi connectivity index (χ0v) is 11.5. The molecule has 0 aliphatic carbocycles. The minimum Gasteiger partial charge on any atom is -0.311 e. The van der Waals surface area contributed by atoms with Crippen LogP contribution in [0.4, 0.5) is 5.82 Å².